The Morgan fingerprint density at radius 1 is 1.69 bits per heavy atom. The molecule has 1 saturated heterocycles. The molecule has 1 aliphatic rings. The van der Waals surface area contributed by atoms with E-state index in [1.54, 1.807) is 0 Å². The molecule has 1 unspecified atom stereocenters. The lowest BCUT2D eigenvalue weighted by Gasteiger charge is -2.03. The zero-order valence-corrected chi connectivity index (χ0v) is 8.55. The second-order valence-corrected chi connectivity index (χ2v) is 3.67. The van der Waals surface area contributed by atoms with Gasteiger partial charge >= 0.3 is 6.09 Å². The minimum Gasteiger partial charge on any atom is -0.452 e. The van der Waals surface area contributed by atoms with E-state index in [0.29, 0.717) is 11.3 Å². The number of carbonyl (C=O) groups excluding carboxylic acids is 1. The molecule has 0 bridgehead atoms. The molecular formula is C8H8BrNO3. The Bertz CT molecular complexity index is 347. The molecule has 1 atom stereocenters. The standard InChI is InChI=1S/C8H8BrNO3/c1-4-2-6(9)13-7(4)5-3-12-8(11)10-5/h2,5H,3H2,1H3,(H,10,11). The van der Waals surface area contributed by atoms with Crippen LogP contribution in [0.4, 0.5) is 4.79 Å². The minimum atomic E-state index is -0.392. The summed E-state index contributed by atoms with van der Waals surface area (Å²) >= 11 is 3.22. The SMILES string of the molecule is Cc1cc(Br)oc1C1COC(=O)N1. The van der Waals surface area contributed by atoms with E-state index in [1.165, 1.54) is 0 Å². The number of rotatable bonds is 1. The summed E-state index contributed by atoms with van der Waals surface area (Å²) in [6.07, 6.45) is -0.392. The van der Waals surface area contributed by atoms with Gasteiger partial charge in [-0.1, -0.05) is 0 Å². The van der Waals surface area contributed by atoms with Crippen molar-refractivity contribution in [3.63, 3.8) is 0 Å². The lowest BCUT2D eigenvalue weighted by molar-refractivity contribution is 0.176. The Hall–Kier alpha value is -0.970. The van der Waals surface area contributed by atoms with Crippen molar-refractivity contribution in [1.29, 1.82) is 0 Å². The van der Waals surface area contributed by atoms with E-state index >= 15 is 0 Å². The van der Waals surface area contributed by atoms with E-state index in [2.05, 4.69) is 21.2 Å². The average molecular weight is 246 g/mol. The molecule has 1 aromatic rings. The van der Waals surface area contributed by atoms with E-state index in [9.17, 15) is 4.79 Å². The summed E-state index contributed by atoms with van der Waals surface area (Å²) in [4.78, 5) is 10.8. The maximum Gasteiger partial charge on any atom is 0.407 e. The molecule has 1 fully saturated rings. The van der Waals surface area contributed by atoms with Crippen LogP contribution in [0.3, 0.4) is 0 Å². The van der Waals surface area contributed by atoms with E-state index in [0.717, 1.165) is 11.3 Å². The van der Waals surface area contributed by atoms with E-state index in [1.807, 2.05) is 13.0 Å². The summed E-state index contributed by atoms with van der Waals surface area (Å²) in [7, 11) is 0. The highest BCUT2D eigenvalue weighted by Gasteiger charge is 2.27. The molecule has 70 valence electrons. The number of cyclic esters (lactones) is 1. The van der Waals surface area contributed by atoms with Crippen LogP contribution in [0.25, 0.3) is 0 Å². The molecule has 1 N–H and O–H groups in total. The third kappa shape index (κ3) is 1.56. The third-order valence-electron chi connectivity index (χ3n) is 1.92. The zero-order chi connectivity index (χ0) is 9.42. The fourth-order valence-electron chi connectivity index (χ4n) is 1.33. The Labute approximate surface area is 83.4 Å². The molecule has 0 spiro atoms. The fraction of sp³-hybridized carbons (Fsp3) is 0.375. The highest BCUT2D eigenvalue weighted by molar-refractivity contribution is 9.10. The molecule has 13 heavy (non-hydrogen) atoms. The van der Waals surface area contributed by atoms with Crippen molar-refractivity contribution in [2.75, 3.05) is 6.61 Å². The number of halogens is 1. The average Bonchev–Trinajstić information content (AvgIpc) is 2.58. The van der Waals surface area contributed by atoms with Crippen molar-refractivity contribution in [1.82, 2.24) is 5.32 Å². The Balaban J connectivity index is 2.25. The van der Waals surface area contributed by atoms with Gasteiger partial charge in [-0.25, -0.2) is 4.79 Å². The van der Waals surface area contributed by atoms with Gasteiger partial charge in [0, 0.05) is 0 Å². The van der Waals surface area contributed by atoms with Crippen LogP contribution in [-0.2, 0) is 4.74 Å². The van der Waals surface area contributed by atoms with Gasteiger partial charge in [0.25, 0.3) is 0 Å². The molecule has 0 aliphatic carbocycles. The maximum atomic E-state index is 10.8. The first-order chi connectivity index (χ1) is 6.16. The Morgan fingerprint density at radius 2 is 2.46 bits per heavy atom. The number of nitrogens with one attached hydrogen (secondary N) is 1. The zero-order valence-electron chi connectivity index (χ0n) is 6.96. The number of hydrogen-bond acceptors (Lipinski definition) is 3. The summed E-state index contributed by atoms with van der Waals surface area (Å²) in [6.45, 7) is 2.26. The summed E-state index contributed by atoms with van der Waals surface area (Å²) in [5.41, 5.74) is 1.00. The van der Waals surface area contributed by atoms with Crippen LogP contribution in [0.15, 0.2) is 15.2 Å². The highest BCUT2D eigenvalue weighted by Crippen LogP contribution is 2.27. The summed E-state index contributed by atoms with van der Waals surface area (Å²) in [5.74, 6) is 0.748. The number of ether oxygens (including phenoxy) is 1. The smallest absolute Gasteiger partial charge is 0.407 e. The van der Waals surface area contributed by atoms with E-state index in [4.69, 9.17) is 9.15 Å². The van der Waals surface area contributed by atoms with Crippen LogP contribution in [0, 0.1) is 6.92 Å². The molecule has 1 amide bonds. The summed E-state index contributed by atoms with van der Waals surface area (Å²) < 4.78 is 10.8. The molecule has 0 saturated carbocycles. The number of furan rings is 1. The summed E-state index contributed by atoms with van der Waals surface area (Å²) in [6, 6.07) is 1.71. The minimum absolute atomic E-state index is 0.154. The van der Waals surface area contributed by atoms with Gasteiger partial charge < -0.3 is 14.5 Å². The van der Waals surface area contributed by atoms with Gasteiger partial charge in [0.05, 0.1) is 0 Å². The van der Waals surface area contributed by atoms with Crippen molar-refractivity contribution >= 4 is 22.0 Å². The fourth-order valence-corrected chi connectivity index (χ4v) is 1.85. The molecular weight excluding hydrogens is 238 g/mol. The van der Waals surface area contributed by atoms with Gasteiger partial charge in [0.2, 0.25) is 0 Å². The second kappa shape index (κ2) is 3.06. The van der Waals surface area contributed by atoms with Gasteiger partial charge in [0.1, 0.15) is 18.4 Å². The summed E-state index contributed by atoms with van der Waals surface area (Å²) in [5, 5.41) is 2.65. The number of aryl methyl sites for hydroxylation is 1. The molecule has 0 radical (unpaired) electrons. The molecule has 2 rings (SSSR count). The Morgan fingerprint density at radius 3 is 2.92 bits per heavy atom. The number of alkyl carbamates (subject to hydrolysis) is 1. The van der Waals surface area contributed by atoms with Gasteiger partial charge in [0.15, 0.2) is 4.67 Å². The van der Waals surface area contributed by atoms with Crippen LogP contribution in [0.5, 0.6) is 0 Å². The molecule has 0 aromatic carbocycles. The Kier molecular flexibility index (Phi) is 2.03. The van der Waals surface area contributed by atoms with E-state index in [-0.39, 0.29) is 6.04 Å². The monoisotopic (exact) mass is 245 g/mol. The molecule has 5 heteroatoms. The number of amides is 1. The maximum absolute atomic E-state index is 10.8. The van der Waals surface area contributed by atoms with Crippen molar-refractivity contribution in [2.45, 2.75) is 13.0 Å². The predicted octanol–water partition coefficient (Wildman–Crippen LogP) is 2.13. The van der Waals surface area contributed by atoms with Crippen LogP contribution < -0.4 is 5.32 Å². The van der Waals surface area contributed by atoms with Gasteiger partial charge in [-0.15, -0.1) is 0 Å². The lowest BCUT2D eigenvalue weighted by atomic mass is 10.2. The second-order valence-electron chi connectivity index (χ2n) is 2.89. The van der Waals surface area contributed by atoms with Crippen molar-refractivity contribution < 1.29 is 13.9 Å². The topological polar surface area (TPSA) is 51.5 Å². The molecule has 2 heterocycles. The van der Waals surface area contributed by atoms with Crippen molar-refractivity contribution in [2.24, 2.45) is 0 Å². The third-order valence-corrected chi connectivity index (χ3v) is 2.31. The molecule has 1 aromatic heterocycles. The number of hydrogen-bond donors (Lipinski definition) is 1. The quantitative estimate of drug-likeness (QED) is 0.825. The normalized spacial score (nSPS) is 21.4. The lowest BCUT2D eigenvalue weighted by Crippen LogP contribution is -2.18. The van der Waals surface area contributed by atoms with Crippen molar-refractivity contribution in [3.8, 4) is 0 Å². The highest BCUT2D eigenvalue weighted by atomic mass is 79.9. The van der Waals surface area contributed by atoms with Crippen LogP contribution in [-0.4, -0.2) is 12.7 Å². The van der Waals surface area contributed by atoms with Crippen LogP contribution in [0.2, 0.25) is 0 Å². The first kappa shape index (κ1) is 8.62. The van der Waals surface area contributed by atoms with Gasteiger partial charge in [-0.05, 0) is 34.5 Å². The number of carbonyl (C=O) groups is 1. The predicted molar refractivity (Wildman–Crippen MR) is 48.4 cm³/mol. The molecule has 1 aliphatic heterocycles. The first-order valence-electron chi connectivity index (χ1n) is 3.86. The molecule has 4 nitrogen and oxygen atoms in total. The van der Waals surface area contributed by atoms with Crippen LogP contribution >= 0.6 is 15.9 Å². The largest absolute Gasteiger partial charge is 0.452 e. The van der Waals surface area contributed by atoms with Crippen molar-refractivity contribution in [3.05, 3.63) is 22.1 Å². The van der Waals surface area contributed by atoms with Crippen LogP contribution in [0.1, 0.15) is 17.4 Å². The van der Waals surface area contributed by atoms with Gasteiger partial charge in [-0.2, -0.15) is 0 Å². The van der Waals surface area contributed by atoms with Gasteiger partial charge in [-0.3, -0.25) is 0 Å². The van der Waals surface area contributed by atoms with E-state index < -0.39 is 6.09 Å². The first-order valence-corrected chi connectivity index (χ1v) is 4.65.